The maximum absolute atomic E-state index is 5.76. The van der Waals surface area contributed by atoms with E-state index in [-0.39, 0.29) is 0 Å². The van der Waals surface area contributed by atoms with Crippen molar-refractivity contribution in [2.24, 2.45) is 4.99 Å². The standard InChI is InChI=1S/C22H26N4O2S/c1-4-23-22(26-15-20-16(2)11-12-29-20)25-14-17-5-10-21(24-13-17)28-19-8-6-18(27-3)7-9-19/h5-13H,4,14-15H2,1-3H3,(H2,23,25,26). The smallest absolute Gasteiger partial charge is 0.219 e. The number of nitrogens with one attached hydrogen (secondary N) is 2. The molecular formula is C22H26N4O2S. The fraction of sp³-hybridized carbons (Fsp3) is 0.273. The summed E-state index contributed by atoms with van der Waals surface area (Å²) >= 11 is 1.75. The predicted octanol–water partition coefficient (Wildman–Crippen LogP) is 4.51. The first-order chi connectivity index (χ1) is 14.2. The maximum atomic E-state index is 5.76. The van der Waals surface area contributed by atoms with Crippen LogP contribution in [-0.2, 0) is 13.1 Å². The summed E-state index contributed by atoms with van der Waals surface area (Å²) in [5.41, 5.74) is 2.31. The van der Waals surface area contributed by atoms with Crippen molar-refractivity contribution < 1.29 is 9.47 Å². The quantitative estimate of drug-likeness (QED) is 0.422. The number of pyridine rings is 1. The summed E-state index contributed by atoms with van der Waals surface area (Å²) in [6.07, 6.45) is 1.79. The van der Waals surface area contributed by atoms with Crippen molar-refractivity contribution in [1.82, 2.24) is 15.6 Å². The lowest BCUT2D eigenvalue weighted by Gasteiger charge is -2.11. The van der Waals surface area contributed by atoms with Gasteiger partial charge in [0.05, 0.1) is 20.2 Å². The van der Waals surface area contributed by atoms with E-state index in [1.54, 1.807) is 24.6 Å². The number of hydrogen-bond acceptors (Lipinski definition) is 5. The lowest BCUT2D eigenvalue weighted by Crippen LogP contribution is -2.36. The van der Waals surface area contributed by atoms with Gasteiger partial charge in [-0.1, -0.05) is 6.07 Å². The Balaban J connectivity index is 1.56. The zero-order chi connectivity index (χ0) is 20.5. The van der Waals surface area contributed by atoms with Gasteiger partial charge in [0.15, 0.2) is 5.96 Å². The SMILES string of the molecule is CCNC(=NCc1ccc(Oc2ccc(OC)cc2)nc1)NCc1sccc1C. The number of rotatable bonds is 8. The van der Waals surface area contributed by atoms with Crippen LogP contribution in [0, 0.1) is 6.92 Å². The van der Waals surface area contributed by atoms with Gasteiger partial charge < -0.3 is 20.1 Å². The van der Waals surface area contributed by atoms with Crippen molar-refractivity contribution in [3.05, 3.63) is 70.0 Å². The van der Waals surface area contributed by atoms with E-state index in [1.165, 1.54) is 10.4 Å². The Hall–Kier alpha value is -3.06. The van der Waals surface area contributed by atoms with Crippen molar-refractivity contribution >= 4 is 17.3 Å². The van der Waals surface area contributed by atoms with Crippen molar-refractivity contribution in [1.29, 1.82) is 0 Å². The van der Waals surface area contributed by atoms with E-state index in [0.29, 0.717) is 18.2 Å². The molecule has 0 atom stereocenters. The van der Waals surface area contributed by atoms with Crippen LogP contribution in [0.25, 0.3) is 0 Å². The molecule has 0 radical (unpaired) electrons. The molecule has 2 aromatic heterocycles. The number of methoxy groups -OCH3 is 1. The van der Waals surface area contributed by atoms with Gasteiger partial charge in [0, 0.05) is 23.7 Å². The van der Waals surface area contributed by atoms with Crippen molar-refractivity contribution in [3.8, 4) is 17.4 Å². The number of guanidine groups is 1. The van der Waals surface area contributed by atoms with E-state index in [4.69, 9.17) is 9.47 Å². The molecule has 0 aliphatic carbocycles. The summed E-state index contributed by atoms with van der Waals surface area (Å²) in [5.74, 6) is 2.84. The minimum atomic E-state index is 0.536. The number of hydrogen-bond donors (Lipinski definition) is 2. The molecule has 3 aromatic rings. The minimum Gasteiger partial charge on any atom is -0.497 e. The highest BCUT2D eigenvalue weighted by Gasteiger charge is 2.03. The van der Waals surface area contributed by atoms with Crippen LogP contribution in [0.15, 0.2) is 59.0 Å². The monoisotopic (exact) mass is 410 g/mol. The molecule has 2 N–H and O–H groups in total. The second-order valence-corrected chi connectivity index (χ2v) is 7.36. The first-order valence-corrected chi connectivity index (χ1v) is 10.4. The molecule has 0 aliphatic heterocycles. The number of ether oxygens (including phenoxy) is 2. The summed E-state index contributed by atoms with van der Waals surface area (Å²) < 4.78 is 10.9. The molecule has 0 saturated heterocycles. The van der Waals surface area contributed by atoms with E-state index in [2.05, 4.69) is 45.9 Å². The number of thiophene rings is 1. The highest BCUT2D eigenvalue weighted by Crippen LogP contribution is 2.22. The van der Waals surface area contributed by atoms with Gasteiger partial charge in [-0.15, -0.1) is 11.3 Å². The predicted molar refractivity (Wildman–Crippen MR) is 118 cm³/mol. The normalized spacial score (nSPS) is 11.2. The molecule has 6 nitrogen and oxygen atoms in total. The van der Waals surface area contributed by atoms with Crippen molar-refractivity contribution in [3.63, 3.8) is 0 Å². The van der Waals surface area contributed by atoms with Gasteiger partial charge in [0.25, 0.3) is 0 Å². The second-order valence-electron chi connectivity index (χ2n) is 6.36. The molecule has 0 fully saturated rings. The lowest BCUT2D eigenvalue weighted by molar-refractivity contribution is 0.412. The van der Waals surface area contributed by atoms with Crippen LogP contribution in [0.4, 0.5) is 0 Å². The second kappa shape index (κ2) is 10.5. The van der Waals surface area contributed by atoms with Gasteiger partial charge >= 0.3 is 0 Å². The molecule has 0 amide bonds. The third-order valence-corrected chi connectivity index (χ3v) is 5.25. The van der Waals surface area contributed by atoms with Gasteiger partial charge in [-0.05, 0) is 60.7 Å². The van der Waals surface area contributed by atoms with E-state index in [1.807, 2.05) is 36.4 Å². The highest BCUT2D eigenvalue weighted by atomic mass is 32.1. The zero-order valence-corrected chi connectivity index (χ0v) is 17.8. The average molecular weight is 411 g/mol. The highest BCUT2D eigenvalue weighted by molar-refractivity contribution is 7.10. The van der Waals surface area contributed by atoms with E-state index in [9.17, 15) is 0 Å². The topological polar surface area (TPSA) is 67.8 Å². The molecule has 29 heavy (non-hydrogen) atoms. The van der Waals surface area contributed by atoms with E-state index < -0.39 is 0 Å². The van der Waals surface area contributed by atoms with Crippen molar-refractivity contribution in [2.45, 2.75) is 26.9 Å². The first-order valence-electron chi connectivity index (χ1n) is 9.50. The molecular weight excluding hydrogens is 384 g/mol. The van der Waals surface area contributed by atoms with Gasteiger partial charge in [-0.2, -0.15) is 0 Å². The summed E-state index contributed by atoms with van der Waals surface area (Å²) in [6, 6.07) is 13.4. The number of aromatic nitrogens is 1. The number of benzene rings is 1. The van der Waals surface area contributed by atoms with Crippen LogP contribution in [0.5, 0.6) is 17.4 Å². The van der Waals surface area contributed by atoms with Crippen LogP contribution in [0.1, 0.15) is 22.9 Å². The molecule has 0 spiro atoms. The Morgan fingerprint density at radius 1 is 1.07 bits per heavy atom. The van der Waals surface area contributed by atoms with Crippen LogP contribution in [0.3, 0.4) is 0 Å². The molecule has 0 bridgehead atoms. The molecule has 152 valence electrons. The van der Waals surface area contributed by atoms with Crippen LogP contribution in [0.2, 0.25) is 0 Å². The third-order valence-electron chi connectivity index (χ3n) is 4.23. The Kier molecular flexibility index (Phi) is 7.47. The summed E-state index contributed by atoms with van der Waals surface area (Å²) in [6.45, 7) is 6.29. The fourth-order valence-electron chi connectivity index (χ4n) is 2.59. The van der Waals surface area contributed by atoms with Crippen LogP contribution in [-0.4, -0.2) is 24.6 Å². The molecule has 3 rings (SSSR count). The number of aryl methyl sites for hydroxylation is 1. The van der Waals surface area contributed by atoms with Crippen LogP contribution < -0.4 is 20.1 Å². The van der Waals surface area contributed by atoms with E-state index >= 15 is 0 Å². The summed E-state index contributed by atoms with van der Waals surface area (Å²) in [7, 11) is 1.64. The molecule has 1 aromatic carbocycles. The van der Waals surface area contributed by atoms with E-state index in [0.717, 1.165) is 30.4 Å². The molecule has 2 heterocycles. The molecule has 0 aliphatic rings. The summed E-state index contributed by atoms with van der Waals surface area (Å²) in [4.78, 5) is 10.3. The Morgan fingerprint density at radius 3 is 2.48 bits per heavy atom. The van der Waals surface area contributed by atoms with Gasteiger partial charge in [-0.25, -0.2) is 9.98 Å². The molecule has 0 saturated carbocycles. The Morgan fingerprint density at radius 2 is 1.86 bits per heavy atom. The Labute approximate surface area is 175 Å². The number of aliphatic imine (C=N–C) groups is 1. The van der Waals surface area contributed by atoms with Gasteiger partial charge in [0.1, 0.15) is 11.5 Å². The maximum Gasteiger partial charge on any atom is 0.219 e. The third kappa shape index (κ3) is 6.22. The molecule has 0 unspecified atom stereocenters. The average Bonchev–Trinajstić information content (AvgIpc) is 3.16. The largest absolute Gasteiger partial charge is 0.497 e. The van der Waals surface area contributed by atoms with Crippen LogP contribution >= 0.6 is 11.3 Å². The van der Waals surface area contributed by atoms with Gasteiger partial charge in [0.2, 0.25) is 5.88 Å². The zero-order valence-electron chi connectivity index (χ0n) is 16.9. The molecule has 7 heteroatoms. The number of nitrogens with zero attached hydrogens (tertiary/aromatic N) is 2. The Bertz CT molecular complexity index is 921. The lowest BCUT2D eigenvalue weighted by atomic mass is 10.3. The summed E-state index contributed by atoms with van der Waals surface area (Å²) in [5, 5.41) is 8.77. The van der Waals surface area contributed by atoms with Crippen molar-refractivity contribution in [2.75, 3.05) is 13.7 Å². The first kappa shape index (κ1) is 20.7. The van der Waals surface area contributed by atoms with Gasteiger partial charge in [-0.3, -0.25) is 0 Å². The minimum absolute atomic E-state index is 0.536. The fourth-order valence-corrected chi connectivity index (χ4v) is 3.44.